The van der Waals surface area contributed by atoms with Crippen LogP contribution >= 0.6 is 11.6 Å². The van der Waals surface area contributed by atoms with Crippen molar-refractivity contribution in [1.29, 1.82) is 0 Å². The summed E-state index contributed by atoms with van der Waals surface area (Å²) in [5.41, 5.74) is 5.19. The molecule has 1 aromatic heterocycles. The van der Waals surface area contributed by atoms with Gasteiger partial charge in [-0.25, -0.2) is 4.39 Å². The molecule has 10 nitrogen and oxygen atoms in total. The molecule has 0 aliphatic rings. The Labute approximate surface area is 216 Å². The van der Waals surface area contributed by atoms with Gasteiger partial charge in [-0.2, -0.15) is 18.3 Å². The van der Waals surface area contributed by atoms with Crippen LogP contribution in [0.4, 0.5) is 17.6 Å². The van der Waals surface area contributed by atoms with Crippen LogP contribution in [0.15, 0.2) is 42.5 Å². The number of halogens is 5. The monoisotopic (exact) mass is 557 g/mol. The van der Waals surface area contributed by atoms with E-state index in [0.29, 0.717) is 0 Å². The second-order valence-electron chi connectivity index (χ2n) is 8.05. The lowest BCUT2D eigenvalue weighted by Gasteiger charge is -2.32. The lowest BCUT2D eigenvalue weighted by molar-refractivity contribution is -0.195. The van der Waals surface area contributed by atoms with E-state index in [1.165, 1.54) is 36.4 Å². The molecule has 0 aliphatic carbocycles. The first-order chi connectivity index (χ1) is 17.8. The van der Waals surface area contributed by atoms with E-state index in [1.54, 1.807) is 6.07 Å². The molecule has 4 N–H and O–H groups in total. The molecule has 0 saturated heterocycles. The van der Waals surface area contributed by atoms with E-state index >= 15 is 0 Å². The summed E-state index contributed by atoms with van der Waals surface area (Å²) in [6.07, 6.45) is -6.77. The van der Waals surface area contributed by atoms with Crippen molar-refractivity contribution in [3.63, 3.8) is 0 Å². The van der Waals surface area contributed by atoms with Crippen molar-refractivity contribution in [3.05, 3.63) is 64.6 Å². The zero-order valence-corrected chi connectivity index (χ0v) is 20.1. The van der Waals surface area contributed by atoms with Crippen LogP contribution in [0.1, 0.15) is 22.5 Å². The molecule has 0 spiro atoms. The van der Waals surface area contributed by atoms with Crippen molar-refractivity contribution in [2.75, 3.05) is 6.54 Å². The lowest BCUT2D eigenvalue weighted by Crippen LogP contribution is -2.54. The van der Waals surface area contributed by atoms with Crippen LogP contribution in [0.2, 0.25) is 5.02 Å². The smallest absolute Gasteiger partial charge is 0.409 e. The van der Waals surface area contributed by atoms with Gasteiger partial charge in [0.1, 0.15) is 24.9 Å². The molecular weight excluding hydrogens is 538 g/mol. The summed E-state index contributed by atoms with van der Waals surface area (Å²) in [6, 6.07) is 7.04. The molecule has 202 valence electrons. The van der Waals surface area contributed by atoms with Gasteiger partial charge in [0.25, 0.3) is 5.91 Å². The largest absolute Gasteiger partial charge is 0.481 e. The third kappa shape index (κ3) is 6.56. The Morgan fingerprint density at radius 3 is 2.45 bits per heavy atom. The number of hydrogen-bond donors (Lipinski definition) is 3. The molecule has 1 atom stereocenters. The van der Waals surface area contributed by atoms with E-state index in [-0.39, 0.29) is 32.1 Å². The molecule has 0 aliphatic heterocycles. The van der Waals surface area contributed by atoms with E-state index in [0.717, 1.165) is 4.68 Å². The van der Waals surface area contributed by atoms with Crippen molar-refractivity contribution in [2.24, 2.45) is 5.73 Å². The molecule has 38 heavy (non-hydrogen) atoms. The number of carboxylic acid groups (broad SMARTS) is 1. The van der Waals surface area contributed by atoms with Crippen LogP contribution in [-0.2, 0) is 27.5 Å². The molecule has 0 bridgehead atoms. The minimum Gasteiger partial charge on any atom is -0.481 e. The Hall–Kier alpha value is -4.20. The fourth-order valence-electron chi connectivity index (χ4n) is 3.68. The molecule has 3 aromatic rings. The number of nitrogens with two attached hydrogens (primary N) is 1. The summed E-state index contributed by atoms with van der Waals surface area (Å²) >= 11 is 5.68. The Bertz CT molecular complexity index is 1390. The normalized spacial score (nSPS) is 12.2. The van der Waals surface area contributed by atoms with Crippen LogP contribution < -0.4 is 11.1 Å². The first kappa shape index (κ1) is 28.4. The number of nitrogens with zero attached hydrogens (tertiary/aromatic N) is 3. The first-order valence-corrected chi connectivity index (χ1v) is 11.2. The van der Waals surface area contributed by atoms with Crippen LogP contribution in [-0.4, -0.2) is 62.2 Å². The van der Waals surface area contributed by atoms with Crippen LogP contribution in [0.3, 0.4) is 0 Å². The number of carbonyl (C=O) groups is 4. The number of nitrogens with one attached hydrogen (secondary N) is 1. The van der Waals surface area contributed by atoms with Gasteiger partial charge in [-0.3, -0.25) is 23.9 Å². The molecule has 2 aromatic carbocycles. The first-order valence-electron chi connectivity index (χ1n) is 10.8. The van der Waals surface area contributed by atoms with Gasteiger partial charge in [-0.1, -0.05) is 41.9 Å². The maximum atomic E-state index is 14.1. The van der Waals surface area contributed by atoms with Crippen LogP contribution in [0.25, 0.3) is 10.9 Å². The summed E-state index contributed by atoms with van der Waals surface area (Å²) in [5, 5.41) is 15.2. The van der Waals surface area contributed by atoms with E-state index in [1.807, 2.05) is 0 Å². The highest BCUT2D eigenvalue weighted by atomic mass is 35.5. The Kier molecular flexibility index (Phi) is 8.56. The zero-order chi connectivity index (χ0) is 28.2. The number of hydrogen-bond acceptors (Lipinski definition) is 5. The molecule has 3 amide bonds. The number of carbonyl (C=O) groups excluding carboxylic acids is 3. The number of aromatic nitrogens is 2. The van der Waals surface area contributed by atoms with Crippen LogP contribution in [0, 0.1) is 5.82 Å². The SMILES string of the molecule is NC(=O)c1nn(CC(=O)N(CC(=O)NCc2cccc(Cl)c2F)C(CC(=O)O)C(F)(F)F)c2ccccc12. The van der Waals surface area contributed by atoms with Crippen molar-refractivity contribution in [1.82, 2.24) is 20.0 Å². The summed E-state index contributed by atoms with van der Waals surface area (Å²) < 4.78 is 56.6. The summed E-state index contributed by atoms with van der Waals surface area (Å²) in [6.45, 7) is -2.55. The summed E-state index contributed by atoms with van der Waals surface area (Å²) in [5.74, 6) is -6.11. The average Bonchev–Trinajstić information content (AvgIpc) is 3.20. The number of carboxylic acids is 1. The zero-order valence-electron chi connectivity index (χ0n) is 19.3. The third-order valence-electron chi connectivity index (χ3n) is 5.44. The minimum absolute atomic E-state index is 0.0537. The Morgan fingerprint density at radius 2 is 1.82 bits per heavy atom. The number of benzene rings is 2. The Morgan fingerprint density at radius 1 is 1.13 bits per heavy atom. The topological polar surface area (TPSA) is 148 Å². The number of amides is 3. The lowest BCUT2D eigenvalue weighted by atomic mass is 10.1. The predicted molar refractivity (Wildman–Crippen MR) is 125 cm³/mol. The Balaban J connectivity index is 1.91. The third-order valence-corrected chi connectivity index (χ3v) is 5.73. The number of fused-ring (bicyclic) bond motifs is 1. The number of para-hydroxylation sites is 1. The number of rotatable bonds is 10. The highest BCUT2D eigenvalue weighted by Crippen LogP contribution is 2.28. The molecule has 1 heterocycles. The molecule has 3 rings (SSSR count). The van der Waals surface area contributed by atoms with Gasteiger partial charge in [0.15, 0.2) is 5.69 Å². The van der Waals surface area contributed by atoms with Crippen LogP contribution in [0.5, 0.6) is 0 Å². The van der Waals surface area contributed by atoms with Crippen molar-refractivity contribution in [3.8, 4) is 0 Å². The van der Waals surface area contributed by atoms with E-state index in [4.69, 9.17) is 22.4 Å². The maximum absolute atomic E-state index is 14.1. The van der Waals surface area contributed by atoms with Gasteiger partial charge in [-0.05, 0) is 12.1 Å². The van der Waals surface area contributed by atoms with Gasteiger partial charge in [-0.15, -0.1) is 0 Å². The van der Waals surface area contributed by atoms with Gasteiger partial charge in [0, 0.05) is 17.5 Å². The number of primary amides is 1. The van der Waals surface area contributed by atoms with Gasteiger partial charge < -0.3 is 21.1 Å². The number of aliphatic carboxylic acids is 1. The molecule has 15 heteroatoms. The molecule has 0 fully saturated rings. The quantitative estimate of drug-likeness (QED) is 0.326. The molecule has 1 unspecified atom stereocenters. The fraction of sp³-hybridized carbons (Fsp3) is 0.261. The van der Waals surface area contributed by atoms with E-state index < -0.39 is 67.8 Å². The van der Waals surface area contributed by atoms with E-state index in [2.05, 4.69) is 10.4 Å². The van der Waals surface area contributed by atoms with Gasteiger partial charge in [0.2, 0.25) is 11.8 Å². The second kappa shape index (κ2) is 11.5. The molecule has 0 radical (unpaired) electrons. The van der Waals surface area contributed by atoms with Crippen molar-refractivity contribution in [2.45, 2.75) is 31.7 Å². The highest BCUT2D eigenvalue weighted by Gasteiger charge is 2.47. The maximum Gasteiger partial charge on any atom is 0.409 e. The minimum atomic E-state index is -5.22. The summed E-state index contributed by atoms with van der Waals surface area (Å²) in [4.78, 5) is 48.6. The average molecular weight is 558 g/mol. The number of alkyl halides is 3. The standard InChI is InChI=1S/C23H20ClF4N5O5/c24-14-6-3-4-12(20(14)25)9-30-17(34)10-32(16(8-19(36)37)23(26,27)28)18(35)11-33-15-7-2-1-5-13(15)21(31-33)22(29)38/h1-7,16H,8-11H2,(H2,29,38)(H,30,34)(H,36,37). The van der Waals surface area contributed by atoms with Gasteiger partial charge in [0.05, 0.1) is 17.0 Å². The second-order valence-corrected chi connectivity index (χ2v) is 8.46. The van der Waals surface area contributed by atoms with Crippen molar-refractivity contribution < 1.29 is 41.8 Å². The van der Waals surface area contributed by atoms with E-state index in [9.17, 15) is 36.7 Å². The summed E-state index contributed by atoms with van der Waals surface area (Å²) in [7, 11) is 0. The fourth-order valence-corrected chi connectivity index (χ4v) is 3.87. The highest BCUT2D eigenvalue weighted by molar-refractivity contribution is 6.30. The molecular formula is C23H20ClF4N5O5. The van der Waals surface area contributed by atoms with Gasteiger partial charge >= 0.3 is 12.1 Å². The molecule has 0 saturated carbocycles. The van der Waals surface area contributed by atoms with Crippen molar-refractivity contribution >= 4 is 46.2 Å². The predicted octanol–water partition coefficient (Wildman–Crippen LogP) is 2.48.